The zero-order valence-corrected chi connectivity index (χ0v) is 14.9. The number of primary amides is 1. The quantitative estimate of drug-likeness (QED) is 0.892. The number of nitrogens with two attached hydrogens (primary N) is 1. The summed E-state index contributed by atoms with van der Waals surface area (Å²) in [6.45, 7) is 3.41. The molecule has 2 heterocycles. The molecule has 2 aromatic rings. The van der Waals surface area contributed by atoms with Crippen molar-refractivity contribution in [2.75, 3.05) is 6.54 Å². The second-order valence-electron chi connectivity index (χ2n) is 7.76. The topological polar surface area (TPSA) is 62.1 Å². The summed E-state index contributed by atoms with van der Waals surface area (Å²) in [5.41, 5.74) is 8.95. The number of nitrogens with one attached hydrogen (secondary N) is 1. The first-order valence-corrected chi connectivity index (χ1v) is 9.38. The normalized spacial score (nSPS) is 27.8. The highest BCUT2D eigenvalue weighted by molar-refractivity contribution is 5.92. The van der Waals surface area contributed by atoms with Gasteiger partial charge < -0.3 is 10.7 Å². The van der Waals surface area contributed by atoms with Gasteiger partial charge in [0.25, 0.3) is 0 Å². The fourth-order valence-corrected chi connectivity index (χ4v) is 5.07. The summed E-state index contributed by atoms with van der Waals surface area (Å²) in [4.78, 5) is 17.6. The van der Waals surface area contributed by atoms with E-state index < -0.39 is 0 Å². The summed E-state index contributed by atoms with van der Waals surface area (Å²) in [6.07, 6.45) is 8.07. The molecule has 4 nitrogen and oxygen atoms in total. The van der Waals surface area contributed by atoms with Crippen LogP contribution in [0.1, 0.15) is 66.7 Å². The van der Waals surface area contributed by atoms with Crippen LogP contribution >= 0.6 is 0 Å². The van der Waals surface area contributed by atoms with Crippen molar-refractivity contribution >= 4 is 5.91 Å². The van der Waals surface area contributed by atoms with Crippen LogP contribution < -0.4 is 5.73 Å². The van der Waals surface area contributed by atoms with Crippen LogP contribution in [0.15, 0.2) is 42.6 Å². The van der Waals surface area contributed by atoms with Crippen molar-refractivity contribution in [1.82, 2.24) is 9.88 Å². The van der Waals surface area contributed by atoms with E-state index in [1.54, 1.807) is 0 Å². The van der Waals surface area contributed by atoms with E-state index in [0.717, 1.165) is 13.0 Å². The van der Waals surface area contributed by atoms with Crippen molar-refractivity contribution in [3.05, 3.63) is 59.4 Å². The third-order valence-corrected chi connectivity index (χ3v) is 6.47. The lowest BCUT2D eigenvalue weighted by molar-refractivity contribution is 0.0232. The highest BCUT2D eigenvalue weighted by atomic mass is 16.1. The van der Waals surface area contributed by atoms with E-state index in [0.29, 0.717) is 17.6 Å². The van der Waals surface area contributed by atoms with Crippen molar-refractivity contribution in [3.8, 4) is 0 Å². The number of nitrogens with zero attached hydrogens (tertiary/aromatic N) is 1. The van der Waals surface area contributed by atoms with Gasteiger partial charge in [-0.3, -0.25) is 9.69 Å². The lowest BCUT2D eigenvalue weighted by Crippen LogP contribution is -2.52. The molecule has 3 unspecified atom stereocenters. The highest BCUT2D eigenvalue weighted by Crippen LogP contribution is 2.48. The summed E-state index contributed by atoms with van der Waals surface area (Å²) in [5, 5.41) is 0. The lowest BCUT2D eigenvalue weighted by atomic mass is 9.63. The van der Waals surface area contributed by atoms with Gasteiger partial charge in [0.05, 0.1) is 0 Å². The predicted molar refractivity (Wildman–Crippen MR) is 99.4 cm³/mol. The maximum absolute atomic E-state index is 11.6. The van der Waals surface area contributed by atoms with E-state index in [2.05, 4.69) is 35.0 Å². The molecule has 0 radical (unpaired) electrons. The fourth-order valence-electron chi connectivity index (χ4n) is 5.07. The number of carbonyl (C=O) groups is 1. The smallest absolute Gasteiger partial charge is 0.248 e. The van der Waals surface area contributed by atoms with Crippen LogP contribution in [0.5, 0.6) is 0 Å². The SMILES string of the molecule is CC(c1ccc[nH]1)N1CCC2(c3cccc(C(N)=O)c3)CCCC1C2. The number of rotatable bonds is 4. The van der Waals surface area contributed by atoms with Gasteiger partial charge in [-0.25, -0.2) is 0 Å². The van der Waals surface area contributed by atoms with Gasteiger partial charge in [-0.1, -0.05) is 18.6 Å². The van der Waals surface area contributed by atoms with Crippen LogP contribution in [0, 0.1) is 0 Å². The van der Waals surface area contributed by atoms with Crippen LogP contribution in [0.4, 0.5) is 0 Å². The molecule has 1 aromatic carbocycles. The molecule has 4 heteroatoms. The van der Waals surface area contributed by atoms with E-state index in [9.17, 15) is 4.79 Å². The number of hydrogen-bond acceptors (Lipinski definition) is 2. The first kappa shape index (κ1) is 16.4. The van der Waals surface area contributed by atoms with Crippen LogP contribution in [-0.2, 0) is 5.41 Å². The number of hydrogen-bond donors (Lipinski definition) is 2. The average Bonchev–Trinajstić information content (AvgIpc) is 3.16. The van der Waals surface area contributed by atoms with Crippen molar-refractivity contribution in [1.29, 1.82) is 0 Å². The summed E-state index contributed by atoms with van der Waals surface area (Å²) in [7, 11) is 0. The highest BCUT2D eigenvalue weighted by Gasteiger charge is 2.45. The molecule has 2 bridgehead atoms. The van der Waals surface area contributed by atoms with Gasteiger partial charge in [0, 0.05) is 29.5 Å². The minimum atomic E-state index is -0.330. The molecule has 1 aromatic heterocycles. The van der Waals surface area contributed by atoms with Gasteiger partial charge in [-0.15, -0.1) is 0 Å². The molecule has 1 aliphatic heterocycles. The molecule has 25 heavy (non-hydrogen) atoms. The molecule has 132 valence electrons. The number of aromatic amines is 1. The summed E-state index contributed by atoms with van der Waals surface area (Å²) in [5.74, 6) is -0.330. The van der Waals surface area contributed by atoms with Crippen molar-refractivity contribution < 1.29 is 4.79 Å². The minimum Gasteiger partial charge on any atom is -0.366 e. The summed E-state index contributed by atoms with van der Waals surface area (Å²) >= 11 is 0. The Morgan fingerprint density at radius 2 is 2.20 bits per heavy atom. The summed E-state index contributed by atoms with van der Waals surface area (Å²) < 4.78 is 0. The molecule has 3 N–H and O–H groups in total. The van der Waals surface area contributed by atoms with Gasteiger partial charge in [-0.2, -0.15) is 0 Å². The Balaban J connectivity index is 1.60. The molecular weight excluding hydrogens is 310 g/mol. The van der Waals surface area contributed by atoms with E-state index in [1.165, 1.54) is 36.9 Å². The monoisotopic (exact) mass is 337 g/mol. The van der Waals surface area contributed by atoms with Gasteiger partial charge in [0.15, 0.2) is 0 Å². The van der Waals surface area contributed by atoms with Crippen molar-refractivity contribution in [3.63, 3.8) is 0 Å². The van der Waals surface area contributed by atoms with Crippen LogP contribution in [0.3, 0.4) is 0 Å². The molecule has 1 saturated heterocycles. The number of aromatic nitrogens is 1. The number of piperidine rings is 1. The predicted octanol–water partition coefficient (Wildman–Crippen LogP) is 3.76. The van der Waals surface area contributed by atoms with Crippen molar-refractivity contribution in [2.24, 2.45) is 5.73 Å². The number of H-pyrrole nitrogens is 1. The number of fused-ring (bicyclic) bond motifs is 2. The number of amides is 1. The Hall–Kier alpha value is -2.07. The summed E-state index contributed by atoms with van der Waals surface area (Å²) in [6, 6.07) is 13.3. The molecule has 2 aliphatic rings. The zero-order valence-electron chi connectivity index (χ0n) is 14.9. The Labute approximate surface area is 149 Å². The standard InChI is InChI=1S/C21H27N3O/c1-15(19-8-4-11-23-19)24-12-10-21(9-3-7-18(24)14-21)17-6-2-5-16(13-17)20(22)25/h2,4-6,8,11,13,15,18,23H,3,7,9-10,12,14H2,1H3,(H2,22,25). The molecule has 1 saturated carbocycles. The largest absolute Gasteiger partial charge is 0.366 e. The molecule has 1 aliphatic carbocycles. The number of benzene rings is 1. The Morgan fingerprint density at radius 3 is 2.96 bits per heavy atom. The fraction of sp³-hybridized carbons (Fsp3) is 0.476. The van der Waals surface area contributed by atoms with Crippen LogP contribution in [0.2, 0.25) is 0 Å². The molecule has 1 amide bonds. The van der Waals surface area contributed by atoms with Gasteiger partial charge in [0.2, 0.25) is 5.91 Å². The van der Waals surface area contributed by atoms with Gasteiger partial charge in [-0.05, 0) is 74.4 Å². The lowest BCUT2D eigenvalue weighted by Gasteiger charge is -2.52. The van der Waals surface area contributed by atoms with E-state index in [4.69, 9.17) is 5.73 Å². The Bertz CT molecular complexity index is 754. The first-order chi connectivity index (χ1) is 12.1. The average molecular weight is 337 g/mol. The van der Waals surface area contributed by atoms with Crippen molar-refractivity contribution in [2.45, 2.75) is 56.5 Å². The van der Waals surface area contributed by atoms with E-state index in [1.807, 2.05) is 24.4 Å². The third kappa shape index (κ3) is 2.89. The molecule has 2 fully saturated rings. The second kappa shape index (κ2) is 6.34. The third-order valence-electron chi connectivity index (χ3n) is 6.47. The maximum Gasteiger partial charge on any atom is 0.248 e. The van der Waals surface area contributed by atoms with Gasteiger partial charge in [0.1, 0.15) is 0 Å². The molecule has 0 spiro atoms. The number of likely N-dealkylation sites (tertiary alicyclic amines) is 1. The minimum absolute atomic E-state index is 0.209. The Kier molecular flexibility index (Phi) is 4.16. The van der Waals surface area contributed by atoms with Crippen LogP contribution in [0.25, 0.3) is 0 Å². The Morgan fingerprint density at radius 1 is 1.32 bits per heavy atom. The number of carbonyl (C=O) groups excluding carboxylic acids is 1. The first-order valence-electron chi connectivity index (χ1n) is 9.38. The van der Waals surface area contributed by atoms with E-state index in [-0.39, 0.29) is 11.3 Å². The zero-order chi connectivity index (χ0) is 17.4. The maximum atomic E-state index is 11.6. The van der Waals surface area contributed by atoms with Crippen LogP contribution in [-0.4, -0.2) is 28.4 Å². The van der Waals surface area contributed by atoms with Gasteiger partial charge >= 0.3 is 0 Å². The molecule has 3 atom stereocenters. The molecule has 4 rings (SSSR count). The second-order valence-corrected chi connectivity index (χ2v) is 7.76. The molecular formula is C21H27N3O. The van der Waals surface area contributed by atoms with E-state index >= 15 is 0 Å².